The zero-order valence-corrected chi connectivity index (χ0v) is 16.6. The van der Waals surface area contributed by atoms with E-state index < -0.39 is 17.0 Å². The minimum atomic E-state index is -1.77. The second-order valence-corrected chi connectivity index (χ2v) is 8.41. The van der Waals surface area contributed by atoms with Crippen LogP contribution >= 0.6 is 11.8 Å². The third-order valence-corrected chi connectivity index (χ3v) is 6.38. The molecule has 1 fully saturated rings. The molecular weight excluding hydrogens is 396 g/mol. The number of thioether (sulfide) groups is 1. The zero-order chi connectivity index (χ0) is 20.6. The number of fused-ring (bicyclic) bond motifs is 1. The number of nitrogens with two attached hydrogens (primary N) is 1. The Morgan fingerprint density at radius 1 is 1.31 bits per heavy atom. The number of ether oxygens (including phenoxy) is 1. The first-order valence-electron chi connectivity index (χ1n) is 9.27. The number of carbonyl (C=O) groups excluding carboxylic acids is 1. The maximum absolute atomic E-state index is 16.2. The Balaban J connectivity index is 1.76. The zero-order valence-electron chi connectivity index (χ0n) is 15.8. The standard InChI is InChI=1S/C21H21F2N3O2S/c1-13-10-20(23)12-29-19(25-18(27)14-5-3-2-4-6-14)26-21(20,11-28-13)15-7-16(22)9-17(24)8-15/h2-9,13H,10-12,24H2,1H3,(H,25,26,27)/t13-,20+,21+/m0/s1. The molecule has 0 saturated carbocycles. The summed E-state index contributed by atoms with van der Waals surface area (Å²) in [5.74, 6) is -0.855. The normalized spacial score (nSPS) is 28.9. The molecule has 3 N–H and O–H groups in total. The summed E-state index contributed by atoms with van der Waals surface area (Å²) in [7, 11) is 0. The second-order valence-electron chi connectivity index (χ2n) is 7.45. The molecule has 1 amide bonds. The number of rotatable bonds is 2. The van der Waals surface area contributed by atoms with Crippen LogP contribution < -0.4 is 11.1 Å². The maximum atomic E-state index is 16.2. The highest BCUT2D eigenvalue weighted by atomic mass is 32.2. The van der Waals surface area contributed by atoms with Crippen molar-refractivity contribution in [3.63, 3.8) is 0 Å². The number of halogens is 2. The number of nitrogens with zero attached hydrogens (tertiary/aromatic N) is 1. The Bertz CT molecular complexity index is 951. The topological polar surface area (TPSA) is 76.7 Å². The molecule has 0 radical (unpaired) electrons. The lowest BCUT2D eigenvalue weighted by molar-refractivity contribution is -0.106. The van der Waals surface area contributed by atoms with E-state index in [0.29, 0.717) is 11.1 Å². The van der Waals surface area contributed by atoms with Gasteiger partial charge in [-0.2, -0.15) is 0 Å². The van der Waals surface area contributed by atoms with E-state index >= 15 is 4.39 Å². The van der Waals surface area contributed by atoms with E-state index in [4.69, 9.17) is 10.5 Å². The molecular formula is C21H21F2N3O2S. The Hall–Kier alpha value is -2.45. The number of hydrogen-bond donors (Lipinski definition) is 2. The van der Waals surface area contributed by atoms with Gasteiger partial charge in [-0.15, -0.1) is 0 Å². The Morgan fingerprint density at radius 2 is 2.07 bits per heavy atom. The molecule has 4 rings (SSSR count). The Morgan fingerprint density at radius 3 is 2.79 bits per heavy atom. The van der Waals surface area contributed by atoms with Crippen LogP contribution in [0.3, 0.4) is 0 Å². The van der Waals surface area contributed by atoms with E-state index in [9.17, 15) is 9.18 Å². The number of nitrogen functional groups attached to an aromatic ring is 1. The molecule has 0 unspecified atom stereocenters. The van der Waals surface area contributed by atoms with Gasteiger partial charge in [0.1, 0.15) is 11.4 Å². The van der Waals surface area contributed by atoms with Crippen LogP contribution in [-0.2, 0) is 10.3 Å². The summed E-state index contributed by atoms with van der Waals surface area (Å²) in [5.41, 5.74) is 3.51. The number of amidine groups is 1. The number of alkyl halides is 1. The van der Waals surface area contributed by atoms with E-state index in [2.05, 4.69) is 10.3 Å². The first-order chi connectivity index (χ1) is 13.8. The molecule has 2 aliphatic rings. The number of nitrogens with one attached hydrogen (secondary N) is 1. The summed E-state index contributed by atoms with van der Waals surface area (Å²) in [4.78, 5) is 17.1. The number of aliphatic imine (C=N–C) groups is 1. The van der Waals surface area contributed by atoms with Gasteiger partial charge in [-0.1, -0.05) is 30.0 Å². The quantitative estimate of drug-likeness (QED) is 0.732. The lowest BCUT2D eigenvalue weighted by Gasteiger charge is -2.50. The van der Waals surface area contributed by atoms with Crippen molar-refractivity contribution in [1.29, 1.82) is 0 Å². The minimum Gasteiger partial charge on any atom is -0.399 e. The molecule has 2 heterocycles. The molecule has 152 valence electrons. The summed E-state index contributed by atoms with van der Waals surface area (Å²) in [6.07, 6.45) is -0.185. The summed E-state index contributed by atoms with van der Waals surface area (Å²) >= 11 is 1.14. The number of benzene rings is 2. The molecule has 0 aromatic heterocycles. The largest absolute Gasteiger partial charge is 0.399 e. The van der Waals surface area contributed by atoms with Gasteiger partial charge in [0.25, 0.3) is 5.91 Å². The summed E-state index contributed by atoms with van der Waals surface area (Å²) < 4.78 is 36.1. The predicted octanol–water partition coefficient (Wildman–Crippen LogP) is 3.65. The van der Waals surface area contributed by atoms with Crippen LogP contribution in [-0.4, -0.2) is 35.2 Å². The first kappa shape index (κ1) is 19.8. The molecule has 2 aromatic rings. The molecule has 0 bridgehead atoms. The summed E-state index contributed by atoms with van der Waals surface area (Å²) in [6.45, 7) is 1.73. The fraction of sp³-hybridized carbons (Fsp3) is 0.333. The van der Waals surface area contributed by atoms with Gasteiger partial charge in [0.2, 0.25) is 0 Å². The SMILES string of the molecule is C[C@H]1C[C@@]2(F)CSC(NC(=O)c3ccccc3)=N[C@@]2(c2cc(N)cc(F)c2)CO1. The van der Waals surface area contributed by atoms with Gasteiger partial charge in [0.15, 0.2) is 10.8 Å². The minimum absolute atomic E-state index is 0.0605. The molecule has 8 heteroatoms. The summed E-state index contributed by atoms with van der Waals surface area (Å²) in [6, 6.07) is 12.6. The van der Waals surface area contributed by atoms with E-state index in [-0.39, 0.29) is 41.6 Å². The molecule has 29 heavy (non-hydrogen) atoms. The Kier molecular flexibility index (Phi) is 5.08. The van der Waals surface area contributed by atoms with Gasteiger partial charge in [-0.05, 0) is 42.8 Å². The monoisotopic (exact) mass is 417 g/mol. The molecule has 3 atom stereocenters. The molecule has 1 saturated heterocycles. The fourth-order valence-electron chi connectivity index (χ4n) is 3.86. The average Bonchev–Trinajstić information content (AvgIpc) is 2.68. The van der Waals surface area contributed by atoms with Gasteiger partial charge >= 0.3 is 0 Å². The van der Waals surface area contributed by atoms with Crippen LogP contribution in [0.15, 0.2) is 53.5 Å². The highest BCUT2D eigenvalue weighted by molar-refractivity contribution is 8.14. The lowest BCUT2D eigenvalue weighted by Crippen LogP contribution is -2.60. The van der Waals surface area contributed by atoms with Crippen molar-refractivity contribution in [1.82, 2.24) is 5.32 Å². The molecule has 2 aromatic carbocycles. The van der Waals surface area contributed by atoms with Crippen molar-refractivity contribution < 1.29 is 18.3 Å². The number of carbonyl (C=O) groups is 1. The van der Waals surface area contributed by atoms with E-state index in [1.165, 1.54) is 18.2 Å². The van der Waals surface area contributed by atoms with Crippen LogP contribution in [0.25, 0.3) is 0 Å². The number of anilines is 1. The van der Waals surface area contributed by atoms with Crippen LogP contribution in [0.2, 0.25) is 0 Å². The van der Waals surface area contributed by atoms with Gasteiger partial charge in [-0.3, -0.25) is 4.79 Å². The van der Waals surface area contributed by atoms with Crippen molar-refractivity contribution in [2.24, 2.45) is 4.99 Å². The second kappa shape index (κ2) is 7.42. The number of amides is 1. The fourth-order valence-corrected chi connectivity index (χ4v) is 4.96. The smallest absolute Gasteiger partial charge is 0.257 e. The molecule has 0 spiro atoms. The highest BCUT2D eigenvalue weighted by Crippen LogP contribution is 2.51. The van der Waals surface area contributed by atoms with Crippen molar-refractivity contribution in [3.8, 4) is 0 Å². The van der Waals surface area contributed by atoms with E-state index in [1.807, 2.05) is 6.07 Å². The van der Waals surface area contributed by atoms with Crippen molar-refractivity contribution >= 4 is 28.5 Å². The van der Waals surface area contributed by atoms with Crippen LogP contribution in [0.1, 0.15) is 29.3 Å². The highest BCUT2D eigenvalue weighted by Gasteiger charge is 2.59. The van der Waals surface area contributed by atoms with Gasteiger partial charge in [0, 0.05) is 23.4 Å². The lowest BCUT2D eigenvalue weighted by atomic mass is 9.73. The molecule has 0 aliphatic carbocycles. The third-order valence-electron chi connectivity index (χ3n) is 5.31. The van der Waals surface area contributed by atoms with E-state index in [0.717, 1.165) is 11.8 Å². The van der Waals surface area contributed by atoms with Crippen LogP contribution in [0, 0.1) is 5.82 Å². The van der Waals surface area contributed by atoms with E-state index in [1.54, 1.807) is 31.2 Å². The predicted molar refractivity (Wildman–Crippen MR) is 110 cm³/mol. The maximum Gasteiger partial charge on any atom is 0.257 e. The Labute approximate surface area is 171 Å². The van der Waals surface area contributed by atoms with Gasteiger partial charge < -0.3 is 15.8 Å². The molecule has 2 aliphatic heterocycles. The van der Waals surface area contributed by atoms with Crippen molar-refractivity contribution in [2.75, 3.05) is 18.1 Å². The van der Waals surface area contributed by atoms with Crippen molar-refractivity contribution in [3.05, 3.63) is 65.5 Å². The van der Waals surface area contributed by atoms with Crippen LogP contribution in [0.4, 0.5) is 14.5 Å². The number of hydrogen-bond acceptors (Lipinski definition) is 5. The summed E-state index contributed by atoms with van der Waals surface area (Å²) in [5, 5.41) is 3.02. The van der Waals surface area contributed by atoms with Crippen molar-refractivity contribution in [2.45, 2.75) is 30.7 Å². The average molecular weight is 417 g/mol. The van der Waals surface area contributed by atoms with Gasteiger partial charge in [-0.25, -0.2) is 13.8 Å². The van der Waals surface area contributed by atoms with Gasteiger partial charge in [0.05, 0.1) is 12.7 Å². The molecule has 5 nitrogen and oxygen atoms in total. The van der Waals surface area contributed by atoms with Crippen LogP contribution in [0.5, 0.6) is 0 Å². The first-order valence-corrected chi connectivity index (χ1v) is 10.3. The third kappa shape index (κ3) is 3.62.